The van der Waals surface area contributed by atoms with Crippen molar-refractivity contribution in [3.63, 3.8) is 0 Å². The number of alkyl halides is 1. The lowest BCUT2D eigenvalue weighted by Gasteiger charge is -2.07. The molecule has 1 fully saturated rings. The Balaban J connectivity index is 2.72. The summed E-state index contributed by atoms with van der Waals surface area (Å²) in [6, 6.07) is 4.19. The highest BCUT2D eigenvalue weighted by molar-refractivity contribution is 9.09. The van der Waals surface area contributed by atoms with Crippen LogP contribution in [0.5, 0.6) is 0 Å². The van der Waals surface area contributed by atoms with Crippen LogP contribution in [0.15, 0.2) is 0 Å². The summed E-state index contributed by atoms with van der Waals surface area (Å²) in [6.45, 7) is 2.00. The molecule has 1 rings (SSSR count). The zero-order chi connectivity index (χ0) is 8.54. The molecule has 0 aromatic carbocycles. The SMILES string of the molecule is CC1(CCBr)CC1(C#N)C#N. The molecule has 0 N–H and O–H groups in total. The van der Waals surface area contributed by atoms with Gasteiger partial charge in [-0.05, 0) is 12.8 Å². The molecule has 11 heavy (non-hydrogen) atoms. The van der Waals surface area contributed by atoms with Crippen LogP contribution in [-0.2, 0) is 0 Å². The van der Waals surface area contributed by atoms with Gasteiger partial charge in [0.1, 0.15) is 5.41 Å². The van der Waals surface area contributed by atoms with E-state index in [-0.39, 0.29) is 5.41 Å². The summed E-state index contributed by atoms with van der Waals surface area (Å²) in [7, 11) is 0. The first-order valence-electron chi connectivity index (χ1n) is 3.53. The van der Waals surface area contributed by atoms with Crippen molar-refractivity contribution in [3.05, 3.63) is 0 Å². The molecule has 1 aliphatic rings. The predicted molar refractivity (Wildman–Crippen MR) is 44.8 cm³/mol. The Morgan fingerprint density at radius 2 is 2.00 bits per heavy atom. The molecule has 2 nitrogen and oxygen atoms in total. The standard InChI is InChI=1S/C8H9BrN2/c1-7(2-3-9)4-8(7,5-10)6-11/h2-4H2,1H3. The van der Waals surface area contributed by atoms with Crippen LogP contribution in [-0.4, -0.2) is 5.33 Å². The number of halogens is 1. The summed E-state index contributed by atoms with van der Waals surface area (Å²) in [4.78, 5) is 0. The summed E-state index contributed by atoms with van der Waals surface area (Å²) in [5, 5.41) is 18.3. The molecule has 0 aromatic rings. The molecule has 0 aliphatic heterocycles. The van der Waals surface area contributed by atoms with Gasteiger partial charge in [-0.2, -0.15) is 10.5 Å². The third-order valence-electron chi connectivity index (χ3n) is 2.59. The average molecular weight is 213 g/mol. The molecule has 0 aromatic heterocycles. The molecular weight excluding hydrogens is 204 g/mol. The summed E-state index contributed by atoms with van der Waals surface area (Å²) >= 11 is 3.32. The van der Waals surface area contributed by atoms with Crippen molar-refractivity contribution in [3.8, 4) is 12.1 Å². The Morgan fingerprint density at radius 1 is 1.45 bits per heavy atom. The maximum Gasteiger partial charge on any atom is 0.149 e. The molecule has 1 unspecified atom stereocenters. The molecule has 1 atom stereocenters. The van der Waals surface area contributed by atoms with Gasteiger partial charge in [0.2, 0.25) is 0 Å². The van der Waals surface area contributed by atoms with Crippen molar-refractivity contribution in [2.24, 2.45) is 10.8 Å². The Kier molecular flexibility index (Phi) is 1.94. The lowest BCUT2D eigenvalue weighted by molar-refractivity contribution is 0.486. The van der Waals surface area contributed by atoms with Crippen LogP contribution in [0, 0.1) is 33.5 Å². The average Bonchev–Trinajstić information content (AvgIpc) is 2.58. The topological polar surface area (TPSA) is 47.6 Å². The second kappa shape index (κ2) is 2.50. The third-order valence-corrected chi connectivity index (χ3v) is 2.99. The molecule has 0 amide bonds. The van der Waals surface area contributed by atoms with Gasteiger partial charge in [-0.15, -0.1) is 0 Å². The summed E-state index contributed by atoms with van der Waals surface area (Å²) in [5.41, 5.74) is -0.735. The second-order valence-corrected chi connectivity index (χ2v) is 4.10. The van der Waals surface area contributed by atoms with Crippen molar-refractivity contribution in [2.45, 2.75) is 19.8 Å². The first-order chi connectivity index (χ1) is 5.14. The van der Waals surface area contributed by atoms with Crippen LogP contribution >= 0.6 is 15.9 Å². The number of hydrogen-bond acceptors (Lipinski definition) is 2. The zero-order valence-electron chi connectivity index (χ0n) is 6.39. The van der Waals surface area contributed by atoms with E-state index in [1.54, 1.807) is 0 Å². The molecule has 1 saturated carbocycles. The Morgan fingerprint density at radius 3 is 2.27 bits per heavy atom. The summed E-state index contributed by atoms with van der Waals surface area (Å²) in [5.74, 6) is 0. The lowest BCUT2D eigenvalue weighted by Crippen LogP contribution is -2.07. The molecule has 0 bridgehead atoms. The van der Waals surface area contributed by atoms with Crippen LogP contribution in [0.2, 0.25) is 0 Å². The van der Waals surface area contributed by atoms with E-state index in [0.29, 0.717) is 0 Å². The number of hydrogen-bond donors (Lipinski definition) is 0. The Hall–Kier alpha value is -0.540. The monoisotopic (exact) mass is 212 g/mol. The fourth-order valence-corrected chi connectivity index (χ4v) is 2.30. The minimum Gasteiger partial charge on any atom is -0.197 e. The largest absolute Gasteiger partial charge is 0.197 e. The molecular formula is C8H9BrN2. The first kappa shape index (κ1) is 8.56. The van der Waals surface area contributed by atoms with Crippen molar-refractivity contribution in [1.29, 1.82) is 10.5 Å². The molecule has 0 saturated heterocycles. The van der Waals surface area contributed by atoms with E-state index in [1.165, 1.54) is 0 Å². The van der Waals surface area contributed by atoms with Gasteiger partial charge in [0.25, 0.3) is 0 Å². The summed E-state index contributed by atoms with van der Waals surface area (Å²) in [6.07, 6.45) is 1.65. The van der Waals surface area contributed by atoms with Gasteiger partial charge in [-0.25, -0.2) is 0 Å². The van der Waals surface area contributed by atoms with Crippen LogP contribution in [0.3, 0.4) is 0 Å². The van der Waals surface area contributed by atoms with E-state index < -0.39 is 5.41 Å². The van der Waals surface area contributed by atoms with Gasteiger partial charge >= 0.3 is 0 Å². The van der Waals surface area contributed by atoms with Crippen molar-refractivity contribution < 1.29 is 0 Å². The minimum atomic E-state index is -0.680. The van der Waals surface area contributed by atoms with E-state index in [2.05, 4.69) is 28.1 Å². The van der Waals surface area contributed by atoms with Gasteiger partial charge in [0.05, 0.1) is 12.1 Å². The Bertz CT molecular complexity index is 234. The van der Waals surface area contributed by atoms with E-state index in [4.69, 9.17) is 10.5 Å². The van der Waals surface area contributed by atoms with Gasteiger partial charge in [-0.3, -0.25) is 0 Å². The third kappa shape index (κ3) is 1.04. The van der Waals surface area contributed by atoms with Crippen LogP contribution in [0.1, 0.15) is 19.8 Å². The van der Waals surface area contributed by atoms with Gasteiger partial charge in [0, 0.05) is 10.7 Å². The molecule has 0 spiro atoms. The molecule has 1 aliphatic carbocycles. The van der Waals surface area contributed by atoms with Gasteiger partial charge in [-0.1, -0.05) is 22.9 Å². The molecule has 58 valence electrons. The fourth-order valence-electron chi connectivity index (χ4n) is 1.43. The van der Waals surface area contributed by atoms with Crippen LogP contribution in [0.4, 0.5) is 0 Å². The number of nitrogens with zero attached hydrogens (tertiary/aromatic N) is 2. The smallest absolute Gasteiger partial charge is 0.149 e. The highest BCUT2D eigenvalue weighted by atomic mass is 79.9. The maximum absolute atomic E-state index is 8.73. The quantitative estimate of drug-likeness (QED) is 0.660. The Labute approximate surface area is 74.9 Å². The number of nitriles is 2. The highest BCUT2D eigenvalue weighted by Gasteiger charge is 2.65. The fraction of sp³-hybridized carbons (Fsp3) is 0.750. The minimum absolute atomic E-state index is 0.0556. The zero-order valence-corrected chi connectivity index (χ0v) is 7.98. The van der Waals surface area contributed by atoms with E-state index in [0.717, 1.165) is 18.2 Å². The lowest BCUT2D eigenvalue weighted by atomic mass is 9.95. The van der Waals surface area contributed by atoms with Crippen molar-refractivity contribution in [1.82, 2.24) is 0 Å². The van der Waals surface area contributed by atoms with Crippen molar-refractivity contribution >= 4 is 15.9 Å². The maximum atomic E-state index is 8.73. The molecule has 3 heteroatoms. The predicted octanol–water partition coefficient (Wildman–Crippen LogP) is 2.21. The van der Waals surface area contributed by atoms with Crippen LogP contribution < -0.4 is 0 Å². The van der Waals surface area contributed by atoms with Crippen molar-refractivity contribution in [2.75, 3.05) is 5.33 Å². The number of rotatable bonds is 2. The highest BCUT2D eigenvalue weighted by Crippen LogP contribution is 2.65. The second-order valence-electron chi connectivity index (χ2n) is 3.31. The molecule has 0 heterocycles. The van der Waals surface area contributed by atoms with E-state index in [1.807, 2.05) is 6.92 Å². The van der Waals surface area contributed by atoms with Crippen LogP contribution in [0.25, 0.3) is 0 Å². The summed E-state index contributed by atoms with van der Waals surface area (Å²) < 4.78 is 0. The first-order valence-corrected chi connectivity index (χ1v) is 4.65. The molecule has 0 radical (unpaired) electrons. The normalized spacial score (nSPS) is 32.0. The van der Waals surface area contributed by atoms with E-state index in [9.17, 15) is 0 Å². The van der Waals surface area contributed by atoms with Gasteiger partial charge in [0.15, 0.2) is 0 Å². The van der Waals surface area contributed by atoms with Gasteiger partial charge < -0.3 is 0 Å². The van der Waals surface area contributed by atoms with E-state index >= 15 is 0 Å².